The second-order valence-electron chi connectivity index (χ2n) is 15.2. The first-order valence-electron chi connectivity index (χ1n) is 24.7. The number of ether oxygens (including phenoxy) is 3. The van der Waals surface area contributed by atoms with Gasteiger partial charge >= 0.3 is 11.9 Å². The predicted octanol–water partition coefficient (Wildman–Crippen LogP) is 16.9. The van der Waals surface area contributed by atoms with Gasteiger partial charge in [0.15, 0.2) is 6.10 Å². The molecule has 0 aromatic carbocycles. The Morgan fingerprint density at radius 3 is 1.08 bits per heavy atom. The van der Waals surface area contributed by atoms with Crippen molar-refractivity contribution in [3.05, 3.63) is 170 Å². The summed E-state index contributed by atoms with van der Waals surface area (Å²) in [6.45, 7) is 7.11. The van der Waals surface area contributed by atoms with Crippen molar-refractivity contribution in [3.8, 4) is 0 Å². The number of carbonyl (C=O) groups is 2. The van der Waals surface area contributed by atoms with Gasteiger partial charge in [0.05, 0.1) is 13.2 Å². The summed E-state index contributed by atoms with van der Waals surface area (Å²) in [5, 5.41) is 0. The van der Waals surface area contributed by atoms with Crippen molar-refractivity contribution in [3.63, 3.8) is 0 Å². The fraction of sp³-hybridized carbons (Fsp3) is 0.492. The van der Waals surface area contributed by atoms with Gasteiger partial charge in [0, 0.05) is 12.8 Å². The van der Waals surface area contributed by atoms with Crippen molar-refractivity contribution in [2.45, 2.75) is 168 Å². The largest absolute Gasteiger partial charge is 0.462 e. The Morgan fingerprint density at radius 2 is 0.688 bits per heavy atom. The fourth-order valence-electron chi connectivity index (χ4n) is 5.73. The third-order valence-corrected chi connectivity index (χ3v) is 9.26. The first-order chi connectivity index (χ1) is 31.6. The van der Waals surface area contributed by atoms with Gasteiger partial charge in [-0.2, -0.15) is 0 Å². The van der Waals surface area contributed by atoms with Gasteiger partial charge in [-0.25, -0.2) is 0 Å². The van der Waals surface area contributed by atoms with E-state index in [2.05, 4.69) is 185 Å². The Labute approximate surface area is 392 Å². The molecule has 0 radical (unpaired) electrons. The van der Waals surface area contributed by atoms with E-state index in [0.717, 1.165) is 122 Å². The molecule has 0 rings (SSSR count). The minimum absolute atomic E-state index is 0.00372. The standard InChI is InChI=1S/C59H88O5/c1-4-7-10-13-16-19-22-25-27-29-30-31-32-35-37-40-43-46-49-52-58(60)63-56-57(64-59(61)53-50-47-44-41-38-34-24-21-18-15-12-9-6-3)55-62-54-51-48-45-42-39-36-33-28-26-23-20-17-14-11-8-5-2/h7-12,16-21,25-28,30-31,34-39,44-45,47-48,57H,4-6,13-15,22-24,29,32-33,40-43,46,49-56H2,1-3H3/b10-7-,11-8-,12-9-,19-16-,20-17-,21-18-,27-25-,28-26-,31-30-,37-35-,38-34-,39-36-,47-44-,48-45-. The van der Waals surface area contributed by atoms with E-state index in [1.165, 1.54) is 0 Å². The van der Waals surface area contributed by atoms with Crippen molar-refractivity contribution in [2.24, 2.45) is 0 Å². The summed E-state index contributed by atoms with van der Waals surface area (Å²) in [6, 6.07) is 0. The highest BCUT2D eigenvalue weighted by Gasteiger charge is 2.17. The van der Waals surface area contributed by atoms with E-state index >= 15 is 0 Å². The van der Waals surface area contributed by atoms with Crippen LogP contribution in [0.3, 0.4) is 0 Å². The molecule has 5 heteroatoms. The predicted molar refractivity (Wildman–Crippen MR) is 278 cm³/mol. The van der Waals surface area contributed by atoms with Crippen molar-refractivity contribution >= 4 is 11.9 Å². The van der Waals surface area contributed by atoms with Crippen LogP contribution in [0.5, 0.6) is 0 Å². The number of carbonyl (C=O) groups excluding carboxylic acids is 2. The van der Waals surface area contributed by atoms with Crippen LogP contribution in [0.1, 0.15) is 162 Å². The second kappa shape index (κ2) is 52.6. The van der Waals surface area contributed by atoms with Crippen LogP contribution in [-0.4, -0.2) is 37.9 Å². The maximum absolute atomic E-state index is 12.7. The molecule has 1 unspecified atom stereocenters. The molecule has 0 heterocycles. The molecule has 0 aliphatic heterocycles. The van der Waals surface area contributed by atoms with Crippen LogP contribution in [0.4, 0.5) is 0 Å². The van der Waals surface area contributed by atoms with Crippen LogP contribution in [0, 0.1) is 0 Å². The zero-order valence-corrected chi connectivity index (χ0v) is 40.5. The molecule has 0 aliphatic carbocycles. The van der Waals surface area contributed by atoms with Crippen LogP contribution in [-0.2, 0) is 23.8 Å². The number of rotatable bonds is 42. The van der Waals surface area contributed by atoms with E-state index in [0.29, 0.717) is 19.4 Å². The third-order valence-electron chi connectivity index (χ3n) is 9.26. The van der Waals surface area contributed by atoms with Crippen LogP contribution >= 0.6 is 0 Å². The summed E-state index contributed by atoms with van der Waals surface area (Å²) in [5.41, 5.74) is 0. The molecule has 0 bridgehead atoms. The van der Waals surface area contributed by atoms with Gasteiger partial charge in [-0.3, -0.25) is 9.59 Å². The highest BCUT2D eigenvalue weighted by atomic mass is 16.6. The van der Waals surface area contributed by atoms with E-state index in [1.54, 1.807) is 0 Å². The van der Waals surface area contributed by atoms with Gasteiger partial charge in [-0.1, -0.05) is 197 Å². The lowest BCUT2D eigenvalue weighted by Crippen LogP contribution is -2.30. The molecular weight excluding hydrogens is 789 g/mol. The van der Waals surface area contributed by atoms with Gasteiger partial charge in [-0.15, -0.1) is 0 Å². The maximum Gasteiger partial charge on any atom is 0.306 e. The molecule has 5 nitrogen and oxygen atoms in total. The summed E-state index contributed by atoms with van der Waals surface area (Å²) >= 11 is 0. The van der Waals surface area contributed by atoms with E-state index in [1.807, 2.05) is 6.08 Å². The molecule has 0 spiro atoms. The summed E-state index contributed by atoms with van der Waals surface area (Å²) in [5.74, 6) is -0.588. The van der Waals surface area contributed by atoms with Gasteiger partial charge in [-0.05, 0) is 122 Å². The molecular formula is C59H88O5. The fourth-order valence-corrected chi connectivity index (χ4v) is 5.73. The van der Waals surface area contributed by atoms with Crippen molar-refractivity contribution in [1.82, 2.24) is 0 Å². The zero-order valence-electron chi connectivity index (χ0n) is 40.5. The average molecular weight is 877 g/mol. The molecule has 0 amide bonds. The lowest BCUT2D eigenvalue weighted by atomic mass is 10.1. The molecule has 0 N–H and O–H groups in total. The second-order valence-corrected chi connectivity index (χ2v) is 15.2. The van der Waals surface area contributed by atoms with Crippen LogP contribution in [0.2, 0.25) is 0 Å². The van der Waals surface area contributed by atoms with Crippen molar-refractivity contribution in [1.29, 1.82) is 0 Å². The average Bonchev–Trinajstić information content (AvgIpc) is 3.30. The molecule has 0 saturated carbocycles. The minimum atomic E-state index is -0.641. The topological polar surface area (TPSA) is 61.8 Å². The number of hydrogen-bond acceptors (Lipinski definition) is 5. The quantitative estimate of drug-likeness (QED) is 0.0347. The Kier molecular flexibility index (Phi) is 48.7. The summed E-state index contributed by atoms with van der Waals surface area (Å²) < 4.78 is 17.2. The van der Waals surface area contributed by atoms with E-state index in [-0.39, 0.29) is 31.6 Å². The Bertz CT molecular complexity index is 1500. The molecule has 0 aliphatic rings. The van der Waals surface area contributed by atoms with Gasteiger partial charge in [0.1, 0.15) is 6.61 Å². The number of hydrogen-bond donors (Lipinski definition) is 0. The maximum atomic E-state index is 12.7. The number of unbranched alkanes of at least 4 members (excludes halogenated alkanes) is 3. The molecule has 0 fully saturated rings. The summed E-state index contributed by atoms with van der Waals surface area (Å²) in [7, 11) is 0. The van der Waals surface area contributed by atoms with Gasteiger partial charge in [0.2, 0.25) is 0 Å². The monoisotopic (exact) mass is 877 g/mol. The first kappa shape index (κ1) is 59.3. The number of allylic oxidation sites excluding steroid dienone is 27. The normalized spacial score (nSPS) is 13.7. The van der Waals surface area contributed by atoms with E-state index < -0.39 is 6.10 Å². The molecule has 1 atom stereocenters. The Morgan fingerprint density at radius 1 is 0.344 bits per heavy atom. The summed E-state index contributed by atoms with van der Waals surface area (Å²) in [4.78, 5) is 25.3. The lowest BCUT2D eigenvalue weighted by Gasteiger charge is -2.18. The molecule has 0 aromatic heterocycles. The molecule has 0 saturated heterocycles. The number of esters is 2. The van der Waals surface area contributed by atoms with Crippen LogP contribution in [0.25, 0.3) is 0 Å². The SMILES string of the molecule is CC/C=C\C/C=C\C/C=C\C/C=C\C/C=C\CCCCCC(=O)OCC(COCC/C=C\C/C=C\C/C=C\C/C=C\C/C=C\CC)OC(=O)CC/C=C\C/C=C\C/C=C\C/C=C\CC. The highest BCUT2D eigenvalue weighted by Crippen LogP contribution is 2.08. The lowest BCUT2D eigenvalue weighted by molar-refractivity contribution is -0.162. The Hall–Kier alpha value is -4.74. The van der Waals surface area contributed by atoms with E-state index in [9.17, 15) is 9.59 Å². The van der Waals surface area contributed by atoms with Crippen LogP contribution in [0.15, 0.2) is 170 Å². The zero-order chi connectivity index (χ0) is 46.3. The third kappa shape index (κ3) is 49.9. The minimum Gasteiger partial charge on any atom is -0.462 e. The first-order valence-corrected chi connectivity index (χ1v) is 24.7. The van der Waals surface area contributed by atoms with Gasteiger partial charge < -0.3 is 14.2 Å². The molecule has 354 valence electrons. The molecule has 0 aromatic rings. The van der Waals surface area contributed by atoms with E-state index in [4.69, 9.17) is 14.2 Å². The Balaban J connectivity index is 4.56. The van der Waals surface area contributed by atoms with Crippen molar-refractivity contribution < 1.29 is 23.8 Å². The van der Waals surface area contributed by atoms with Crippen LogP contribution < -0.4 is 0 Å². The smallest absolute Gasteiger partial charge is 0.306 e. The van der Waals surface area contributed by atoms with Crippen molar-refractivity contribution in [2.75, 3.05) is 19.8 Å². The highest BCUT2D eigenvalue weighted by molar-refractivity contribution is 5.70. The van der Waals surface area contributed by atoms with Gasteiger partial charge in [0.25, 0.3) is 0 Å². The summed E-state index contributed by atoms with van der Waals surface area (Å²) in [6.07, 6.45) is 79.7. The molecule has 64 heavy (non-hydrogen) atoms.